The van der Waals surface area contributed by atoms with Crippen LogP contribution in [0.1, 0.15) is 56.7 Å². The topological polar surface area (TPSA) is 28.5 Å². The Bertz CT molecular complexity index is 748. The normalized spacial score (nSPS) is 21.4. The predicted octanol–water partition coefficient (Wildman–Crippen LogP) is 4.53. The third-order valence-electron chi connectivity index (χ3n) is 6.27. The van der Waals surface area contributed by atoms with E-state index < -0.39 is 0 Å². The number of aromatic nitrogens is 1. The highest BCUT2D eigenvalue weighted by molar-refractivity contribution is 5.95. The summed E-state index contributed by atoms with van der Waals surface area (Å²) >= 11 is 0. The van der Waals surface area contributed by atoms with Crippen molar-refractivity contribution in [2.75, 3.05) is 18.0 Å². The van der Waals surface area contributed by atoms with E-state index >= 15 is 0 Å². The molecule has 27 heavy (non-hydrogen) atoms. The van der Waals surface area contributed by atoms with Crippen LogP contribution in [0.5, 0.6) is 0 Å². The zero-order valence-electron chi connectivity index (χ0n) is 16.4. The Kier molecular flexibility index (Phi) is 5.63. The molecule has 1 aromatic heterocycles. The first-order valence-corrected chi connectivity index (χ1v) is 10.5. The molecule has 1 aliphatic carbocycles. The zero-order chi connectivity index (χ0) is 18.6. The Morgan fingerprint density at radius 1 is 1.00 bits per heavy atom. The molecule has 2 heterocycles. The van der Waals surface area contributed by atoms with Gasteiger partial charge in [0.25, 0.3) is 0 Å². The number of anilines is 1. The Balaban J connectivity index is 1.53. The third-order valence-corrected chi connectivity index (χ3v) is 6.27. The number of nitrogens with zero attached hydrogens (tertiary/aromatic N) is 3. The van der Waals surface area contributed by atoms with Crippen LogP contribution in [0.3, 0.4) is 0 Å². The number of aryl methyl sites for hydroxylation is 1. The summed E-state index contributed by atoms with van der Waals surface area (Å²) in [6, 6.07) is 15.3. The first-order chi connectivity index (χ1) is 13.2. The molecule has 0 unspecified atom stereocenters. The molecule has 0 radical (unpaired) electrons. The third kappa shape index (κ3) is 3.96. The van der Waals surface area contributed by atoms with E-state index in [9.17, 15) is 4.79 Å². The predicted molar refractivity (Wildman–Crippen MR) is 110 cm³/mol. The van der Waals surface area contributed by atoms with Gasteiger partial charge in [-0.2, -0.15) is 0 Å². The fourth-order valence-electron chi connectivity index (χ4n) is 4.91. The van der Waals surface area contributed by atoms with Crippen LogP contribution in [0.2, 0.25) is 0 Å². The van der Waals surface area contributed by atoms with Crippen molar-refractivity contribution in [2.45, 2.75) is 57.0 Å². The van der Waals surface area contributed by atoms with Crippen LogP contribution in [0.15, 0.2) is 48.7 Å². The summed E-state index contributed by atoms with van der Waals surface area (Å²) in [7, 11) is 2.10. The minimum absolute atomic E-state index is 0.259. The summed E-state index contributed by atoms with van der Waals surface area (Å²) in [4.78, 5) is 18.0. The molecule has 2 aromatic rings. The molecule has 1 atom stereocenters. The van der Waals surface area contributed by atoms with Crippen molar-refractivity contribution < 1.29 is 4.79 Å². The van der Waals surface area contributed by atoms with Crippen molar-refractivity contribution in [3.05, 3.63) is 54.4 Å². The summed E-state index contributed by atoms with van der Waals surface area (Å²) in [6.07, 6.45) is 10.4. The van der Waals surface area contributed by atoms with E-state index in [1.165, 1.54) is 25.0 Å². The van der Waals surface area contributed by atoms with Crippen LogP contribution >= 0.6 is 0 Å². The Morgan fingerprint density at radius 2 is 1.78 bits per heavy atom. The van der Waals surface area contributed by atoms with E-state index in [2.05, 4.69) is 51.9 Å². The van der Waals surface area contributed by atoms with Crippen LogP contribution in [0.25, 0.3) is 0 Å². The van der Waals surface area contributed by atoms with E-state index in [1.807, 2.05) is 18.2 Å². The van der Waals surface area contributed by atoms with Gasteiger partial charge in [0.15, 0.2) is 0 Å². The highest BCUT2D eigenvalue weighted by Crippen LogP contribution is 2.33. The zero-order valence-corrected chi connectivity index (χ0v) is 16.4. The van der Waals surface area contributed by atoms with Gasteiger partial charge in [0.05, 0.1) is 12.6 Å². The van der Waals surface area contributed by atoms with Gasteiger partial charge in [0.2, 0.25) is 5.91 Å². The first kappa shape index (κ1) is 18.3. The molecule has 0 spiro atoms. The van der Waals surface area contributed by atoms with Gasteiger partial charge in [0, 0.05) is 30.7 Å². The molecule has 1 saturated carbocycles. The fraction of sp³-hybridized carbons (Fsp3) is 0.522. The van der Waals surface area contributed by atoms with Gasteiger partial charge in [-0.1, -0.05) is 37.5 Å². The number of hydrogen-bond donors (Lipinski definition) is 0. The molecule has 4 heteroatoms. The second-order valence-corrected chi connectivity index (χ2v) is 8.06. The lowest BCUT2D eigenvalue weighted by molar-refractivity contribution is -0.120. The van der Waals surface area contributed by atoms with Crippen LogP contribution in [-0.2, 0) is 11.8 Å². The molecular formula is C23H31N3O. The van der Waals surface area contributed by atoms with Gasteiger partial charge in [-0.05, 0) is 56.5 Å². The van der Waals surface area contributed by atoms with Crippen molar-refractivity contribution in [1.29, 1.82) is 0 Å². The quantitative estimate of drug-likeness (QED) is 0.779. The lowest BCUT2D eigenvalue weighted by atomic mass is 9.93. The largest absolute Gasteiger partial charge is 0.353 e. The molecule has 4 rings (SSSR count). The lowest BCUT2D eigenvalue weighted by Gasteiger charge is -2.36. The first-order valence-electron chi connectivity index (χ1n) is 10.5. The molecule has 2 aliphatic rings. The molecule has 1 aromatic carbocycles. The number of rotatable bonds is 5. The summed E-state index contributed by atoms with van der Waals surface area (Å²) in [6.45, 7) is 1.52. The van der Waals surface area contributed by atoms with Gasteiger partial charge < -0.3 is 9.47 Å². The molecule has 0 bridgehead atoms. The van der Waals surface area contributed by atoms with Gasteiger partial charge >= 0.3 is 0 Å². The minimum Gasteiger partial charge on any atom is -0.353 e. The molecule has 144 valence electrons. The molecule has 0 N–H and O–H groups in total. The van der Waals surface area contributed by atoms with Crippen molar-refractivity contribution in [3.63, 3.8) is 0 Å². The second kappa shape index (κ2) is 8.30. The van der Waals surface area contributed by atoms with E-state index in [1.54, 1.807) is 0 Å². The lowest BCUT2D eigenvalue weighted by Crippen LogP contribution is -2.46. The maximum atomic E-state index is 13.5. The van der Waals surface area contributed by atoms with Crippen LogP contribution < -0.4 is 4.90 Å². The van der Waals surface area contributed by atoms with Crippen molar-refractivity contribution in [2.24, 2.45) is 7.05 Å². The molecule has 1 saturated heterocycles. The van der Waals surface area contributed by atoms with Gasteiger partial charge in [-0.15, -0.1) is 0 Å². The van der Waals surface area contributed by atoms with Crippen LogP contribution in [-0.4, -0.2) is 34.5 Å². The second-order valence-electron chi connectivity index (χ2n) is 8.06. The Morgan fingerprint density at radius 3 is 2.48 bits per heavy atom. The average molecular weight is 366 g/mol. The molecule has 1 amide bonds. The number of likely N-dealkylation sites (tertiary alicyclic amines) is 1. The maximum absolute atomic E-state index is 13.5. The summed E-state index contributed by atoms with van der Waals surface area (Å²) < 4.78 is 2.20. The van der Waals surface area contributed by atoms with Crippen molar-refractivity contribution >= 4 is 11.6 Å². The SMILES string of the molecule is Cn1cccc1[C@@H]1CCCN1CC(=O)N(c1ccccc1)C1CCCCC1. The Hall–Kier alpha value is -2.07. The number of carbonyl (C=O) groups is 1. The molecule has 1 aliphatic heterocycles. The maximum Gasteiger partial charge on any atom is 0.241 e. The fourth-order valence-corrected chi connectivity index (χ4v) is 4.91. The standard InChI is InChI=1S/C23H31N3O/c1-24-16-8-14-21(24)22-15-9-17-25(22)18-23(27)26(19-10-4-2-5-11-19)20-12-6-3-7-13-20/h2,4-5,8,10-11,14,16,20,22H,3,6-7,9,12-13,15,17-18H2,1H3/t22-/m0/s1. The van der Waals surface area contributed by atoms with E-state index in [0.717, 1.165) is 37.9 Å². The summed E-state index contributed by atoms with van der Waals surface area (Å²) in [5.41, 5.74) is 2.38. The van der Waals surface area contributed by atoms with E-state index in [-0.39, 0.29) is 5.91 Å². The molecule has 4 nitrogen and oxygen atoms in total. The highest BCUT2D eigenvalue weighted by atomic mass is 16.2. The van der Waals surface area contributed by atoms with Crippen molar-refractivity contribution in [1.82, 2.24) is 9.47 Å². The summed E-state index contributed by atoms with van der Waals surface area (Å²) in [5.74, 6) is 0.259. The number of hydrogen-bond acceptors (Lipinski definition) is 2. The molecular weight excluding hydrogens is 334 g/mol. The number of amides is 1. The van der Waals surface area contributed by atoms with Gasteiger partial charge in [-0.25, -0.2) is 0 Å². The number of para-hydroxylation sites is 1. The Labute approximate surface area is 162 Å². The summed E-state index contributed by atoms with van der Waals surface area (Å²) in [5, 5.41) is 0. The molecule has 2 fully saturated rings. The van der Waals surface area contributed by atoms with E-state index in [4.69, 9.17) is 0 Å². The average Bonchev–Trinajstić information content (AvgIpc) is 3.32. The van der Waals surface area contributed by atoms with Gasteiger partial charge in [0.1, 0.15) is 0 Å². The van der Waals surface area contributed by atoms with Crippen molar-refractivity contribution in [3.8, 4) is 0 Å². The minimum atomic E-state index is 0.259. The monoisotopic (exact) mass is 365 g/mol. The highest BCUT2D eigenvalue weighted by Gasteiger charge is 2.33. The van der Waals surface area contributed by atoms with E-state index in [0.29, 0.717) is 18.6 Å². The number of carbonyl (C=O) groups excluding carboxylic acids is 1. The van der Waals surface area contributed by atoms with Gasteiger partial charge in [-0.3, -0.25) is 9.69 Å². The van der Waals surface area contributed by atoms with Crippen LogP contribution in [0.4, 0.5) is 5.69 Å². The smallest absolute Gasteiger partial charge is 0.241 e. The number of benzene rings is 1. The van der Waals surface area contributed by atoms with Crippen LogP contribution in [0, 0.1) is 0 Å².